The van der Waals surface area contributed by atoms with Gasteiger partial charge in [-0.2, -0.15) is 0 Å². The largest absolute Gasteiger partial charge is 0.366 e. The highest BCUT2D eigenvalue weighted by Crippen LogP contribution is 2.24. The van der Waals surface area contributed by atoms with Gasteiger partial charge in [0.05, 0.1) is 0 Å². The molecule has 82 valence electrons. The average Bonchev–Trinajstić information content (AvgIpc) is 2.92. The van der Waals surface area contributed by atoms with Gasteiger partial charge in [-0.15, -0.1) is 11.3 Å². The van der Waals surface area contributed by atoms with E-state index in [1.165, 1.54) is 0 Å². The molecule has 0 unspecified atom stereocenters. The highest BCUT2D eigenvalue weighted by atomic mass is 32.1. The third-order valence-electron chi connectivity index (χ3n) is 2.37. The summed E-state index contributed by atoms with van der Waals surface area (Å²) in [6.07, 6.45) is 3.73. The maximum Gasteiger partial charge on any atom is 0.181 e. The van der Waals surface area contributed by atoms with Crippen LogP contribution in [0.3, 0.4) is 0 Å². The molecule has 0 aliphatic carbocycles. The lowest BCUT2D eigenvalue weighted by atomic mass is 10.5. The summed E-state index contributed by atoms with van der Waals surface area (Å²) < 4.78 is 2.05. The number of imidazole rings is 1. The molecule has 0 aromatic carbocycles. The van der Waals surface area contributed by atoms with E-state index in [4.69, 9.17) is 5.73 Å². The van der Waals surface area contributed by atoms with E-state index in [0.717, 1.165) is 21.8 Å². The van der Waals surface area contributed by atoms with Crippen LogP contribution in [0.1, 0.15) is 0 Å². The van der Waals surface area contributed by atoms with Gasteiger partial charge >= 0.3 is 0 Å². The lowest BCUT2D eigenvalue weighted by molar-refractivity contribution is 1.01. The summed E-state index contributed by atoms with van der Waals surface area (Å²) in [7, 11) is 0. The molecule has 0 fully saturated rings. The normalized spacial score (nSPS) is 11.3. The van der Waals surface area contributed by atoms with Crippen LogP contribution in [0.4, 0.5) is 5.82 Å². The predicted molar refractivity (Wildman–Crippen MR) is 65.9 cm³/mol. The Bertz CT molecular complexity index is 626. The second kappa shape index (κ2) is 3.73. The van der Waals surface area contributed by atoms with Crippen molar-refractivity contribution >= 4 is 33.1 Å². The molecule has 0 bridgehead atoms. The summed E-state index contributed by atoms with van der Waals surface area (Å²) in [5, 5.41) is 5.22. The Balaban J connectivity index is 2.26. The minimum Gasteiger partial charge on any atom is -0.366 e. The van der Waals surface area contributed by atoms with Crippen LogP contribution < -0.4 is 11.1 Å². The van der Waals surface area contributed by atoms with Gasteiger partial charge in [0.25, 0.3) is 0 Å². The Morgan fingerprint density at radius 2 is 2.44 bits per heavy atom. The van der Waals surface area contributed by atoms with Gasteiger partial charge in [-0.1, -0.05) is 0 Å². The molecule has 0 spiro atoms. The second-order valence-corrected chi connectivity index (χ2v) is 4.30. The van der Waals surface area contributed by atoms with E-state index in [-0.39, 0.29) is 0 Å². The average molecular weight is 233 g/mol. The number of thiophene rings is 1. The minimum absolute atomic E-state index is 0.580. The standard InChI is InChI=1S/C10H11N5S/c11-2-3-12-8-9-13-4-5-15(9)10-7(14-8)1-6-16-10/h1,4-6H,2-3,11H2,(H,12,14). The van der Waals surface area contributed by atoms with Crippen molar-refractivity contribution in [3.05, 3.63) is 23.8 Å². The van der Waals surface area contributed by atoms with Gasteiger partial charge in [-0.3, -0.25) is 4.40 Å². The molecule has 3 heterocycles. The highest BCUT2D eigenvalue weighted by Gasteiger charge is 2.09. The summed E-state index contributed by atoms with van der Waals surface area (Å²) in [6, 6.07) is 2.01. The van der Waals surface area contributed by atoms with Gasteiger partial charge in [0.2, 0.25) is 0 Å². The van der Waals surface area contributed by atoms with Gasteiger partial charge in [-0.25, -0.2) is 9.97 Å². The summed E-state index contributed by atoms with van der Waals surface area (Å²) in [4.78, 5) is 9.96. The number of nitrogens with two attached hydrogens (primary N) is 1. The van der Waals surface area contributed by atoms with Crippen LogP contribution in [0.25, 0.3) is 16.0 Å². The van der Waals surface area contributed by atoms with Gasteiger partial charge in [0.1, 0.15) is 10.3 Å². The number of hydrogen-bond donors (Lipinski definition) is 2. The Morgan fingerprint density at radius 3 is 3.31 bits per heavy atom. The molecule has 3 aromatic rings. The first kappa shape index (κ1) is 9.56. The van der Waals surface area contributed by atoms with Gasteiger partial charge in [0, 0.05) is 25.5 Å². The molecule has 0 radical (unpaired) electrons. The molecule has 0 saturated heterocycles. The van der Waals surface area contributed by atoms with E-state index in [9.17, 15) is 0 Å². The third-order valence-corrected chi connectivity index (χ3v) is 3.27. The molecule has 0 saturated carbocycles. The lowest BCUT2D eigenvalue weighted by Crippen LogP contribution is -2.14. The first-order valence-electron chi connectivity index (χ1n) is 5.04. The molecule has 0 aliphatic rings. The third kappa shape index (κ3) is 1.35. The maximum atomic E-state index is 5.47. The van der Waals surface area contributed by atoms with Crippen LogP contribution in [-0.2, 0) is 0 Å². The SMILES string of the molecule is NCCNc1nc2ccsc2n2ccnc12. The quantitative estimate of drug-likeness (QED) is 0.715. The summed E-state index contributed by atoms with van der Waals surface area (Å²) >= 11 is 1.66. The number of hydrogen-bond acceptors (Lipinski definition) is 5. The number of fused-ring (bicyclic) bond motifs is 3. The van der Waals surface area contributed by atoms with E-state index < -0.39 is 0 Å². The molecule has 6 heteroatoms. The summed E-state index contributed by atoms with van der Waals surface area (Å²) in [5.74, 6) is 0.793. The number of aromatic nitrogens is 3. The Morgan fingerprint density at radius 1 is 1.50 bits per heavy atom. The maximum absolute atomic E-state index is 5.47. The van der Waals surface area contributed by atoms with Crippen molar-refractivity contribution in [3.63, 3.8) is 0 Å². The molecular formula is C10H11N5S. The first-order chi connectivity index (χ1) is 7.90. The number of rotatable bonds is 3. The van der Waals surface area contributed by atoms with Crippen LogP contribution >= 0.6 is 11.3 Å². The highest BCUT2D eigenvalue weighted by molar-refractivity contribution is 7.16. The van der Waals surface area contributed by atoms with E-state index in [1.807, 2.05) is 22.0 Å². The monoisotopic (exact) mass is 233 g/mol. The lowest BCUT2D eigenvalue weighted by Gasteiger charge is -2.06. The molecule has 0 atom stereocenters. The van der Waals surface area contributed by atoms with Crippen molar-refractivity contribution in [3.8, 4) is 0 Å². The number of nitrogens with zero attached hydrogens (tertiary/aromatic N) is 3. The van der Waals surface area contributed by atoms with Crippen molar-refractivity contribution < 1.29 is 0 Å². The topological polar surface area (TPSA) is 68.2 Å². The van der Waals surface area contributed by atoms with E-state index >= 15 is 0 Å². The van der Waals surface area contributed by atoms with Gasteiger partial charge in [-0.05, 0) is 11.4 Å². The molecule has 3 aromatic heterocycles. The zero-order valence-corrected chi connectivity index (χ0v) is 9.37. The van der Waals surface area contributed by atoms with Crippen molar-refractivity contribution in [1.82, 2.24) is 14.4 Å². The van der Waals surface area contributed by atoms with Gasteiger partial charge < -0.3 is 11.1 Å². The molecule has 3 rings (SSSR count). The van der Waals surface area contributed by atoms with Gasteiger partial charge in [0.15, 0.2) is 11.5 Å². The Hall–Kier alpha value is -1.66. The fourth-order valence-corrected chi connectivity index (χ4v) is 2.50. The summed E-state index contributed by atoms with van der Waals surface area (Å²) in [5.41, 5.74) is 7.30. The smallest absolute Gasteiger partial charge is 0.181 e. The molecule has 3 N–H and O–H groups in total. The van der Waals surface area contributed by atoms with Crippen LogP contribution in [0.2, 0.25) is 0 Å². The van der Waals surface area contributed by atoms with Crippen molar-refractivity contribution in [2.24, 2.45) is 5.73 Å². The molecule has 16 heavy (non-hydrogen) atoms. The van der Waals surface area contributed by atoms with Crippen LogP contribution in [0.15, 0.2) is 23.8 Å². The molecule has 0 aliphatic heterocycles. The minimum atomic E-state index is 0.580. The fraction of sp³-hybridized carbons (Fsp3) is 0.200. The van der Waals surface area contributed by atoms with E-state index in [2.05, 4.69) is 15.3 Å². The van der Waals surface area contributed by atoms with E-state index in [0.29, 0.717) is 13.1 Å². The van der Waals surface area contributed by atoms with Crippen molar-refractivity contribution in [2.45, 2.75) is 0 Å². The molecular weight excluding hydrogens is 222 g/mol. The molecule has 5 nitrogen and oxygen atoms in total. The Labute approximate surface area is 95.9 Å². The van der Waals surface area contributed by atoms with Crippen LogP contribution in [0, 0.1) is 0 Å². The summed E-state index contributed by atoms with van der Waals surface area (Å²) in [6.45, 7) is 1.28. The first-order valence-corrected chi connectivity index (χ1v) is 5.92. The Kier molecular flexibility index (Phi) is 2.23. The van der Waals surface area contributed by atoms with Crippen molar-refractivity contribution in [1.29, 1.82) is 0 Å². The van der Waals surface area contributed by atoms with Crippen LogP contribution in [0.5, 0.6) is 0 Å². The van der Waals surface area contributed by atoms with Crippen molar-refractivity contribution in [2.75, 3.05) is 18.4 Å². The second-order valence-electron chi connectivity index (χ2n) is 3.41. The molecule has 0 amide bonds. The number of nitrogens with one attached hydrogen (secondary N) is 1. The zero-order chi connectivity index (χ0) is 11.0. The predicted octanol–water partition coefficient (Wildman–Crippen LogP) is 1.31. The number of anilines is 1. The zero-order valence-electron chi connectivity index (χ0n) is 8.55. The van der Waals surface area contributed by atoms with E-state index in [1.54, 1.807) is 17.5 Å². The van der Waals surface area contributed by atoms with Crippen LogP contribution in [-0.4, -0.2) is 27.5 Å². The fourth-order valence-electron chi connectivity index (χ4n) is 1.68.